The number of hydrogen-bond donors (Lipinski definition) is 0. The van der Waals surface area contributed by atoms with E-state index in [1.165, 1.54) is 0 Å². The Kier molecular flexibility index (Phi) is 5.46. The standard InChI is InChI=1S/C22H23N3O4/c1-27-18-9-5-15(6-10-18)20-23-21(29-24-20)17-4-3-13-25(14-17)22(26)16-7-11-19(28-2)12-8-16/h5-12,17H,3-4,13-14H2,1-2H3. The predicted octanol–water partition coefficient (Wildman–Crippen LogP) is 3.77. The topological polar surface area (TPSA) is 77.7 Å². The number of amides is 1. The van der Waals surface area contributed by atoms with Gasteiger partial charge in [-0.1, -0.05) is 5.16 Å². The Hall–Kier alpha value is -3.35. The minimum absolute atomic E-state index is 0.00671. The van der Waals surface area contributed by atoms with Crippen molar-refractivity contribution in [1.29, 1.82) is 0 Å². The molecule has 4 rings (SSSR count). The lowest BCUT2D eigenvalue weighted by molar-refractivity contribution is 0.0695. The first-order chi connectivity index (χ1) is 14.2. The van der Waals surface area contributed by atoms with Crippen LogP contribution >= 0.6 is 0 Å². The molecule has 7 heteroatoms. The molecule has 1 atom stereocenters. The molecule has 1 aliphatic heterocycles. The molecule has 0 aliphatic carbocycles. The summed E-state index contributed by atoms with van der Waals surface area (Å²) in [5.74, 6) is 2.66. The number of piperidine rings is 1. The van der Waals surface area contributed by atoms with E-state index in [4.69, 9.17) is 14.0 Å². The maximum absolute atomic E-state index is 12.9. The average Bonchev–Trinajstić information content (AvgIpc) is 3.29. The second-order valence-electron chi connectivity index (χ2n) is 7.00. The van der Waals surface area contributed by atoms with E-state index in [1.54, 1.807) is 38.5 Å². The molecule has 3 aromatic rings. The third kappa shape index (κ3) is 4.08. The number of methoxy groups -OCH3 is 2. The summed E-state index contributed by atoms with van der Waals surface area (Å²) in [6.07, 6.45) is 1.81. The summed E-state index contributed by atoms with van der Waals surface area (Å²) in [7, 11) is 3.24. The fourth-order valence-electron chi connectivity index (χ4n) is 3.54. The van der Waals surface area contributed by atoms with Crippen molar-refractivity contribution < 1.29 is 18.8 Å². The van der Waals surface area contributed by atoms with Gasteiger partial charge in [0, 0.05) is 24.2 Å². The molecule has 1 saturated heterocycles. The zero-order valence-electron chi connectivity index (χ0n) is 16.5. The zero-order valence-corrected chi connectivity index (χ0v) is 16.5. The van der Waals surface area contributed by atoms with Gasteiger partial charge in [-0.3, -0.25) is 4.79 Å². The van der Waals surface area contributed by atoms with Crippen molar-refractivity contribution >= 4 is 5.91 Å². The van der Waals surface area contributed by atoms with Crippen LogP contribution < -0.4 is 9.47 Å². The highest BCUT2D eigenvalue weighted by atomic mass is 16.5. The van der Waals surface area contributed by atoms with Crippen LogP contribution in [0.5, 0.6) is 11.5 Å². The summed E-state index contributed by atoms with van der Waals surface area (Å²) in [6, 6.07) is 14.7. The summed E-state index contributed by atoms with van der Waals surface area (Å²) < 4.78 is 15.9. The first-order valence-electron chi connectivity index (χ1n) is 9.59. The number of ether oxygens (including phenoxy) is 2. The molecule has 2 aromatic carbocycles. The Morgan fingerprint density at radius 1 is 1.03 bits per heavy atom. The Morgan fingerprint density at radius 2 is 1.69 bits per heavy atom. The average molecular weight is 393 g/mol. The smallest absolute Gasteiger partial charge is 0.253 e. The molecular weight excluding hydrogens is 370 g/mol. The summed E-state index contributed by atoms with van der Waals surface area (Å²) >= 11 is 0. The van der Waals surface area contributed by atoms with Crippen LogP contribution in [0.2, 0.25) is 0 Å². The number of hydrogen-bond acceptors (Lipinski definition) is 6. The van der Waals surface area contributed by atoms with Crippen molar-refractivity contribution in [3.05, 3.63) is 60.0 Å². The molecule has 150 valence electrons. The molecule has 1 amide bonds. The van der Waals surface area contributed by atoms with Gasteiger partial charge in [-0.05, 0) is 61.4 Å². The maximum Gasteiger partial charge on any atom is 0.253 e. The van der Waals surface area contributed by atoms with Gasteiger partial charge >= 0.3 is 0 Å². The quantitative estimate of drug-likeness (QED) is 0.657. The Bertz CT molecular complexity index is 966. The molecule has 1 unspecified atom stereocenters. The van der Waals surface area contributed by atoms with Crippen molar-refractivity contribution in [3.63, 3.8) is 0 Å². The lowest BCUT2D eigenvalue weighted by Crippen LogP contribution is -2.39. The minimum Gasteiger partial charge on any atom is -0.497 e. The molecule has 1 fully saturated rings. The lowest BCUT2D eigenvalue weighted by atomic mass is 9.97. The second kappa shape index (κ2) is 8.34. The molecule has 1 aliphatic rings. The zero-order chi connectivity index (χ0) is 20.2. The van der Waals surface area contributed by atoms with Gasteiger partial charge in [-0.25, -0.2) is 0 Å². The summed E-state index contributed by atoms with van der Waals surface area (Å²) in [5, 5.41) is 4.12. The largest absolute Gasteiger partial charge is 0.497 e. The molecule has 0 N–H and O–H groups in total. The number of likely N-dealkylation sites (tertiary alicyclic amines) is 1. The van der Waals surface area contributed by atoms with Crippen molar-refractivity contribution in [1.82, 2.24) is 15.0 Å². The summed E-state index contributed by atoms with van der Waals surface area (Å²) in [6.45, 7) is 1.29. The maximum atomic E-state index is 12.9. The number of nitrogens with zero attached hydrogens (tertiary/aromatic N) is 3. The number of carbonyl (C=O) groups excluding carboxylic acids is 1. The highest BCUT2D eigenvalue weighted by Gasteiger charge is 2.29. The van der Waals surface area contributed by atoms with Crippen LogP contribution in [0.4, 0.5) is 0 Å². The van der Waals surface area contributed by atoms with E-state index in [0.29, 0.717) is 23.8 Å². The first kappa shape index (κ1) is 19.0. The fourth-order valence-corrected chi connectivity index (χ4v) is 3.54. The number of rotatable bonds is 5. The third-order valence-electron chi connectivity index (χ3n) is 5.18. The summed E-state index contributed by atoms with van der Waals surface area (Å²) in [4.78, 5) is 19.3. The van der Waals surface area contributed by atoms with Gasteiger partial charge in [-0.15, -0.1) is 0 Å². The van der Waals surface area contributed by atoms with Gasteiger partial charge in [0.05, 0.1) is 20.1 Å². The summed E-state index contributed by atoms with van der Waals surface area (Å²) in [5.41, 5.74) is 1.51. The van der Waals surface area contributed by atoms with E-state index in [9.17, 15) is 4.79 Å². The lowest BCUT2D eigenvalue weighted by Gasteiger charge is -2.31. The number of carbonyl (C=O) groups is 1. The normalized spacial score (nSPS) is 16.5. The highest BCUT2D eigenvalue weighted by Crippen LogP contribution is 2.29. The fraction of sp³-hybridized carbons (Fsp3) is 0.318. The molecule has 2 heterocycles. The Balaban J connectivity index is 1.46. The predicted molar refractivity (Wildman–Crippen MR) is 107 cm³/mol. The highest BCUT2D eigenvalue weighted by molar-refractivity contribution is 5.94. The van der Waals surface area contributed by atoms with Crippen molar-refractivity contribution in [3.8, 4) is 22.9 Å². The van der Waals surface area contributed by atoms with Crippen LogP contribution in [0.25, 0.3) is 11.4 Å². The van der Waals surface area contributed by atoms with E-state index >= 15 is 0 Å². The number of aromatic nitrogens is 2. The molecule has 0 radical (unpaired) electrons. The van der Waals surface area contributed by atoms with E-state index in [-0.39, 0.29) is 11.8 Å². The molecule has 0 bridgehead atoms. The van der Waals surface area contributed by atoms with Gasteiger partial charge in [-0.2, -0.15) is 4.98 Å². The van der Waals surface area contributed by atoms with Gasteiger partial charge in [0.2, 0.25) is 11.7 Å². The van der Waals surface area contributed by atoms with Crippen molar-refractivity contribution in [2.75, 3.05) is 27.3 Å². The SMILES string of the molecule is COc1ccc(C(=O)N2CCCC(c3nc(-c4ccc(OC)cc4)no3)C2)cc1. The van der Waals surface area contributed by atoms with E-state index in [1.807, 2.05) is 29.2 Å². The van der Waals surface area contributed by atoms with Crippen LogP contribution in [0.15, 0.2) is 53.1 Å². The van der Waals surface area contributed by atoms with Crippen LogP contribution in [0.1, 0.15) is 35.0 Å². The number of benzene rings is 2. The van der Waals surface area contributed by atoms with Crippen LogP contribution in [-0.2, 0) is 0 Å². The monoisotopic (exact) mass is 393 g/mol. The Labute approximate surface area is 169 Å². The van der Waals surface area contributed by atoms with Crippen molar-refractivity contribution in [2.45, 2.75) is 18.8 Å². The van der Waals surface area contributed by atoms with Gasteiger partial charge < -0.3 is 18.9 Å². The Morgan fingerprint density at radius 3 is 2.34 bits per heavy atom. The molecule has 29 heavy (non-hydrogen) atoms. The molecule has 0 saturated carbocycles. The van der Waals surface area contributed by atoms with Crippen molar-refractivity contribution in [2.24, 2.45) is 0 Å². The first-order valence-corrected chi connectivity index (χ1v) is 9.59. The molecule has 7 nitrogen and oxygen atoms in total. The van der Waals surface area contributed by atoms with Gasteiger partial charge in [0.15, 0.2) is 0 Å². The molecule has 1 aromatic heterocycles. The van der Waals surface area contributed by atoms with E-state index in [0.717, 1.165) is 36.4 Å². The van der Waals surface area contributed by atoms with Crippen LogP contribution in [-0.4, -0.2) is 48.3 Å². The van der Waals surface area contributed by atoms with Gasteiger partial charge in [0.1, 0.15) is 11.5 Å². The van der Waals surface area contributed by atoms with Crippen LogP contribution in [0.3, 0.4) is 0 Å². The third-order valence-corrected chi connectivity index (χ3v) is 5.18. The van der Waals surface area contributed by atoms with E-state index in [2.05, 4.69) is 10.1 Å². The molecular formula is C22H23N3O4. The minimum atomic E-state index is 0.00671. The molecule has 0 spiro atoms. The van der Waals surface area contributed by atoms with Crippen LogP contribution in [0, 0.1) is 0 Å². The second-order valence-corrected chi connectivity index (χ2v) is 7.00. The van der Waals surface area contributed by atoms with Gasteiger partial charge in [0.25, 0.3) is 5.91 Å². The van der Waals surface area contributed by atoms with E-state index < -0.39 is 0 Å².